The average molecular weight is 321 g/mol. The molecule has 0 saturated carbocycles. The minimum Gasteiger partial charge on any atom is -0.345 e. The molecule has 3 rings (SSSR count). The lowest BCUT2D eigenvalue weighted by atomic mass is 10.0. The fourth-order valence-electron chi connectivity index (χ4n) is 3.58. The lowest BCUT2D eigenvalue weighted by molar-refractivity contribution is -0.134. The van der Waals surface area contributed by atoms with Gasteiger partial charge in [-0.05, 0) is 26.8 Å². The van der Waals surface area contributed by atoms with Crippen LogP contribution in [0.3, 0.4) is 0 Å². The molecule has 0 radical (unpaired) electrons. The molecular formula is C16H27N5O2. The highest BCUT2D eigenvalue weighted by atomic mass is 16.5. The molecular weight excluding hydrogens is 294 g/mol. The van der Waals surface area contributed by atoms with E-state index in [1.165, 1.54) is 0 Å². The number of aryl methyl sites for hydroxylation is 1. The topological polar surface area (TPSA) is 65.7 Å². The van der Waals surface area contributed by atoms with Crippen LogP contribution in [0, 0.1) is 12.8 Å². The third-order valence-corrected chi connectivity index (χ3v) is 5.06. The van der Waals surface area contributed by atoms with Gasteiger partial charge in [-0.1, -0.05) is 11.6 Å². The summed E-state index contributed by atoms with van der Waals surface area (Å²) >= 11 is 0. The summed E-state index contributed by atoms with van der Waals surface area (Å²) in [6.07, 6.45) is 3.26. The second-order valence-electron chi connectivity index (χ2n) is 6.89. The normalized spacial score (nSPS) is 28.1. The number of likely N-dealkylation sites (N-methyl/N-ethyl adjacent to an activating group) is 1. The fraction of sp³-hybridized carbons (Fsp3) is 0.812. The monoisotopic (exact) mass is 321 g/mol. The lowest BCUT2D eigenvalue weighted by Gasteiger charge is -2.39. The van der Waals surface area contributed by atoms with Crippen molar-refractivity contribution >= 4 is 5.91 Å². The van der Waals surface area contributed by atoms with Crippen LogP contribution in [-0.4, -0.2) is 77.6 Å². The van der Waals surface area contributed by atoms with Gasteiger partial charge in [-0.3, -0.25) is 14.6 Å². The van der Waals surface area contributed by atoms with Gasteiger partial charge < -0.3 is 9.42 Å². The number of piperazine rings is 1. The molecule has 0 aromatic carbocycles. The van der Waals surface area contributed by atoms with Crippen LogP contribution in [0.15, 0.2) is 4.52 Å². The highest BCUT2D eigenvalue weighted by Gasteiger charge is 2.33. The van der Waals surface area contributed by atoms with E-state index in [4.69, 9.17) is 4.52 Å². The van der Waals surface area contributed by atoms with Gasteiger partial charge in [-0.2, -0.15) is 4.98 Å². The first kappa shape index (κ1) is 16.4. The molecule has 2 unspecified atom stereocenters. The first-order valence-corrected chi connectivity index (χ1v) is 8.52. The summed E-state index contributed by atoms with van der Waals surface area (Å²) in [5, 5.41) is 3.91. The molecule has 3 heterocycles. The first-order valence-electron chi connectivity index (χ1n) is 8.52. The molecule has 2 aliphatic heterocycles. The number of amides is 1. The van der Waals surface area contributed by atoms with Gasteiger partial charge >= 0.3 is 0 Å². The molecule has 7 heteroatoms. The van der Waals surface area contributed by atoms with Crippen molar-refractivity contribution in [1.82, 2.24) is 24.8 Å². The highest BCUT2D eigenvalue weighted by Crippen LogP contribution is 2.25. The highest BCUT2D eigenvalue weighted by molar-refractivity contribution is 5.79. The van der Waals surface area contributed by atoms with E-state index >= 15 is 0 Å². The zero-order chi connectivity index (χ0) is 16.4. The summed E-state index contributed by atoms with van der Waals surface area (Å²) in [5.74, 6) is 1.77. The molecule has 2 fully saturated rings. The van der Waals surface area contributed by atoms with Gasteiger partial charge in [0.2, 0.25) is 11.8 Å². The van der Waals surface area contributed by atoms with Gasteiger partial charge in [-0.15, -0.1) is 0 Å². The number of aromatic nitrogens is 2. The Labute approximate surface area is 137 Å². The Kier molecular flexibility index (Phi) is 4.96. The van der Waals surface area contributed by atoms with Gasteiger partial charge in [0.15, 0.2) is 5.82 Å². The predicted octanol–water partition coefficient (Wildman–Crippen LogP) is 0.925. The molecule has 23 heavy (non-hydrogen) atoms. The Morgan fingerprint density at radius 2 is 2.04 bits per heavy atom. The summed E-state index contributed by atoms with van der Waals surface area (Å²) in [5.41, 5.74) is 0. The number of likely N-dealkylation sites (tertiary alicyclic amines) is 1. The molecule has 128 valence electrons. The Morgan fingerprint density at radius 3 is 2.78 bits per heavy atom. The third kappa shape index (κ3) is 3.72. The molecule has 1 amide bonds. The average Bonchev–Trinajstić information content (AvgIpc) is 2.90. The summed E-state index contributed by atoms with van der Waals surface area (Å²) in [6, 6.07) is 0.114. The van der Waals surface area contributed by atoms with Crippen molar-refractivity contribution in [1.29, 1.82) is 0 Å². The van der Waals surface area contributed by atoms with Crippen molar-refractivity contribution in [2.75, 3.05) is 46.8 Å². The number of nitrogens with zero attached hydrogens (tertiary/aromatic N) is 5. The molecule has 7 nitrogen and oxygen atoms in total. The molecule has 0 spiro atoms. The van der Waals surface area contributed by atoms with Crippen LogP contribution in [0.1, 0.15) is 37.0 Å². The van der Waals surface area contributed by atoms with Crippen molar-refractivity contribution in [3.8, 4) is 0 Å². The second-order valence-corrected chi connectivity index (χ2v) is 6.89. The van der Waals surface area contributed by atoms with E-state index in [2.05, 4.69) is 27.0 Å². The van der Waals surface area contributed by atoms with Gasteiger partial charge in [0.1, 0.15) is 6.04 Å². The van der Waals surface area contributed by atoms with E-state index in [1.807, 2.05) is 18.9 Å². The Hall–Kier alpha value is -1.47. The fourth-order valence-corrected chi connectivity index (χ4v) is 3.58. The number of hydrogen-bond acceptors (Lipinski definition) is 6. The van der Waals surface area contributed by atoms with Gasteiger partial charge in [0.25, 0.3) is 0 Å². The van der Waals surface area contributed by atoms with E-state index in [-0.39, 0.29) is 12.0 Å². The van der Waals surface area contributed by atoms with E-state index < -0.39 is 0 Å². The third-order valence-electron chi connectivity index (χ3n) is 5.06. The van der Waals surface area contributed by atoms with E-state index in [0.29, 0.717) is 17.6 Å². The first-order chi connectivity index (χ1) is 11.0. The maximum atomic E-state index is 12.5. The zero-order valence-corrected chi connectivity index (χ0v) is 14.4. The lowest BCUT2D eigenvalue weighted by Crippen LogP contribution is -2.49. The van der Waals surface area contributed by atoms with Crippen molar-refractivity contribution in [3.63, 3.8) is 0 Å². The molecule has 0 bridgehead atoms. The summed E-state index contributed by atoms with van der Waals surface area (Å²) in [7, 11) is 4.01. The Morgan fingerprint density at radius 1 is 1.22 bits per heavy atom. The minimum atomic E-state index is 0.114. The maximum absolute atomic E-state index is 12.5. The number of hydrogen-bond donors (Lipinski definition) is 0. The van der Waals surface area contributed by atoms with Crippen LogP contribution in [0.4, 0.5) is 0 Å². The SMILES string of the molecule is Cc1noc(C2CN(CC3CCCCN(C)C3=O)CCN2C)n1. The van der Waals surface area contributed by atoms with Crippen LogP contribution in [0.2, 0.25) is 0 Å². The molecule has 1 aromatic heterocycles. The number of carbonyl (C=O) groups excluding carboxylic acids is 1. The van der Waals surface area contributed by atoms with Crippen LogP contribution in [-0.2, 0) is 4.79 Å². The van der Waals surface area contributed by atoms with E-state index in [1.54, 1.807) is 0 Å². The Bertz CT molecular complexity index is 546. The molecule has 2 aliphatic rings. The van der Waals surface area contributed by atoms with E-state index in [0.717, 1.165) is 52.0 Å². The van der Waals surface area contributed by atoms with Crippen molar-refractivity contribution in [3.05, 3.63) is 11.7 Å². The van der Waals surface area contributed by atoms with E-state index in [9.17, 15) is 4.79 Å². The van der Waals surface area contributed by atoms with Crippen molar-refractivity contribution in [2.45, 2.75) is 32.2 Å². The van der Waals surface area contributed by atoms with Crippen LogP contribution in [0.25, 0.3) is 0 Å². The van der Waals surface area contributed by atoms with Crippen molar-refractivity contribution in [2.24, 2.45) is 5.92 Å². The predicted molar refractivity (Wildman–Crippen MR) is 85.8 cm³/mol. The van der Waals surface area contributed by atoms with Gasteiger partial charge in [0, 0.05) is 39.8 Å². The molecule has 2 atom stereocenters. The van der Waals surface area contributed by atoms with Crippen LogP contribution >= 0.6 is 0 Å². The van der Waals surface area contributed by atoms with Crippen molar-refractivity contribution < 1.29 is 9.32 Å². The quantitative estimate of drug-likeness (QED) is 0.825. The zero-order valence-electron chi connectivity index (χ0n) is 14.4. The summed E-state index contributed by atoms with van der Waals surface area (Å²) in [4.78, 5) is 23.4. The van der Waals surface area contributed by atoms with Gasteiger partial charge in [0.05, 0.1) is 5.92 Å². The smallest absolute Gasteiger partial charge is 0.245 e. The molecule has 0 N–H and O–H groups in total. The Balaban J connectivity index is 1.65. The summed E-state index contributed by atoms with van der Waals surface area (Å²) in [6.45, 7) is 6.33. The standard InChI is InChI=1S/C16H27N5O2/c1-12-17-15(23-18-12)14-11-21(9-8-19(14)2)10-13-6-4-5-7-20(3)16(13)22/h13-14H,4-11H2,1-3H3. The van der Waals surface area contributed by atoms with Gasteiger partial charge in [-0.25, -0.2) is 0 Å². The number of carbonyl (C=O) groups is 1. The minimum absolute atomic E-state index is 0.114. The van der Waals surface area contributed by atoms with Crippen LogP contribution < -0.4 is 0 Å². The molecule has 1 aromatic rings. The van der Waals surface area contributed by atoms with Crippen LogP contribution in [0.5, 0.6) is 0 Å². The molecule has 0 aliphatic carbocycles. The number of rotatable bonds is 3. The molecule has 2 saturated heterocycles. The summed E-state index contributed by atoms with van der Waals surface area (Å²) < 4.78 is 5.37. The second kappa shape index (κ2) is 6.97. The maximum Gasteiger partial charge on any atom is 0.245 e. The largest absolute Gasteiger partial charge is 0.345 e.